The van der Waals surface area contributed by atoms with Gasteiger partial charge in [0.1, 0.15) is 0 Å². The lowest BCUT2D eigenvalue weighted by atomic mass is 10.3. The van der Waals surface area contributed by atoms with E-state index in [0.29, 0.717) is 17.3 Å². The van der Waals surface area contributed by atoms with Crippen molar-refractivity contribution in [3.8, 4) is 0 Å². The Hall–Kier alpha value is -2.49. The summed E-state index contributed by atoms with van der Waals surface area (Å²) >= 11 is 5.57. The highest BCUT2D eigenvalue weighted by Crippen LogP contribution is 2.28. The molecule has 0 bridgehead atoms. The van der Waals surface area contributed by atoms with Crippen LogP contribution < -0.4 is 10.2 Å². The highest BCUT2D eigenvalue weighted by Gasteiger charge is 2.26. The van der Waals surface area contributed by atoms with Crippen molar-refractivity contribution in [2.24, 2.45) is 0 Å². The van der Waals surface area contributed by atoms with Gasteiger partial charge in [0.05, 0.1) is 15.9 Å². The van der Waals surface area contributed by atoms with Gasteiger partial charge in [-0.15, -0.1) is 0 Å². The van der Waals surface area contributed by atoms with E-state index < -0.39 is 10.0 Å². The predicted molar refractivity (Wildman–Crippen MR) is 111 cm³/mol. The quantitative estimate of drug-likeness (QED) is 0.680. The molecule has 0 radical (unpaired) electrons. The molecule has 9 heteroatoms. The number of sulfonamides is 1. The lowest BCUT2D eigenvalue weighted by molar-refractivity contribution is 0.521. The number of nitrogens with zero attached hydrogens (tertiary/aromatic N) is 4. The van der Waals surface area contributed by atoms with Gasteiger partial charge in [0.2, 0.25) is 16.0 Å². The van der Waals surface area contributed by atoms with Crippen molar-refractivity contribution in [1.82, 2.24) is 13.9 Å². The van der Waals surface area contributed by atoms with Crippen molar-refractivity contribution in [2.45, 2.75) is 11.4 Å². The van der Waals surface area contributed by atoms with Gasteiger partial charge in [0.25, 0.3) is 0 Å². The minimum Gasteiger partial charge on any atom is -0.332 e. The Labute approximate surface area is 163 Å². The largest absolute Gasteiger partial charge is 0.332 e. The van der Waals surface area contributed by atoms with Crippen molar-refractivity contribution in [1.29, 1.82) is 0 Å². The first-order valence-electron chi connectivity index (χ1n) is 8.44. The average Bonchev–Trinajstić information content (AvgIpc) is 3.20. The SMILES string of the molecule is CN(C)S(=O)(=O)c1cccc(NC(=S)N2CCn3c2nc2ccccc23)c1. The maximum atomic E-state index is 12.3. The van der Waals surface area contributed by atoms with Gasteiger partial charge in [-0.2, -0.15) is 0 Å². The molecular formula is C18H19N5O2S2. The van der Waals surface area contributed by atoms with E-state index in [1.54, 1.807) is 24.3 Å². The third-order valence-corrected chi connectivity index (χ3v) is 6.67. The van der Waals surface area contributed by atoms with Gasteiger partial charge in [0, 0.05) is 32.9 Å². The molecule has 3 aromatic rings. The maximum absolute atomic E-state index is 12.3. The van der Waals surface area contributed by atoms with Crippen LogP contribution in [0.1, 0.15) is 0 Å². The summed E-state index contributed by atoms with van der Waals surface area (Å²) in [7, 11) is -0.483. The number of benzene rings is 2. The second-order valence-corrected chi connectivity index (χ2v) is 8.99. The summed E-state index contributed by atoms with van der Waals surface area (Å²) in [4.78, 5) is 6.83. The zero-order valence-electron chi connectivity index (χ0n) is 15.0. The van der Waals surface area contributed by atoms with E-state index in [0.717, 1.165) is 23.5 Å². The molecule has 2 aromatic carbocycles. The summed E-state index contributed by atoms with van der Waals surface area (Å²) in [5, 5.41) is 3.63. The summed E-state index contributed by atoms with van der Waals surface area (Å²) in [6.45, 7) is 1.52. The van der Waals surface area contributed by atoms with Crippen LogP contribution in [0.2, 0.25) is 0 Å². The predicted octanol–water partition coefficient (Wildman–Crippen LogP) is 2.50. The second-order valence-electron chi connectivity index (χ2n) is 6.45. The standard InChI is InChI=1S/C18H19N5O2S2/c1-21(2)27(24,25)14-7-5-6-13(12-14)19-18(26)23-11-10-22-16-9-4-3-8-15(16)20-17(22)23/h3-9,12H,10-11H2,1-2H3,(H,19,26). The minimum atomic E-state index is -3.50. The number of anilines is 2. The fraction of sp³-hybridized carbons (Fsp3) is 0.222. The fourth-order valence-electron chi connectivity index (χ4n) is 3.12. The molecule has 0 unspecified atom stereocenters. The molecule has 0 atom stereocenters. The van der Waals surface area contributed by atoms with Crippen molar-refractivity contribution in [3.05, 3.63) is 48.5 Å². The first-order valence-corrected chi connectivity index (χ1v) is 10.3. The van der Waals surface area contributed by atoms with Gasteiger partial charge in [-0.3, -0.25) is 4.90 Å². The fourth-order valence-corrected chi connectivity index (χ4v) is 4.36. The number of fused-ring (bicyclic) bond motifs is 3. The van der Waals surface area contributed by atoms with Crippen molar-refractivity contribution >= 4 is 50.0 Å². The van der Waals surface area contributed by atoms with Crippen molar-refractivity contribution in [3.63, 3.8) is 0 Å². The molecule has 4 rings (SSSR count). The number of hydrogen-bond donors (Lipinski definition) is 1. The minimum absolute atomic E-state index is 0.217. The zero-order valence-corrected chi connectivity index (χ0v) is 16.6. The van der Waals surface area contributed by atoms with Crippen LogP contribution in [0.15, 0.2) is 53.4 Å². The average molecular weight is 402 g/mol. The molecule has 140 valence electrons. The van der Waals surface area contributed by atoms with Gasteiger partial charge in [-0.1, -0.05) is 18.2 Å². The van der Waals surface area contributed by atoms with E-state index in [2.05, 4.69) is 14.9 Å². The van der Waals surface area contributed by atoms with Crippen molar-refractivity contribution < 1.29 is 8.42 Å². The highest BCUT2D eigenvalue weighted by molar-refractivity contribution is 7.89. The van der Waals surface area contributed by atoms with E-state index in [1.165, 1.54) is 18.4 Å². The molecule has 7 nitrogen and oxygen atoms in total. The topological polar surface area (TPSA) is 70.5 Å². The lowest BCUT2D eigenvalue weighted by Gasteiger charge is -2.19. The number of para-hydroxylation sites is 2. The van der Waals surface area contributed by atoms with Crippen LogP contribution in [0, 0.1) is 0 Å². The molecule has 0 saturated carbocycles. The number of rotatable bonds is 3. The number of aromatic nitrogens is 2. The van der Waals surface area contributed by atoms with E-state index in [4.69, 9.17) is 12.2 Å². The summed E-state index contributed by atoms with van der Waals surface area (Å²) in [6.07, 6.45) is 0. The Morgan fingerprint density at radius 2 is 1.93 bits per heavy atom. The molecule has 2 heterocycles. The first-order chi connectivity index (χ1) is 12.9. The molecule has 1 aliphatic heterocycles. The molecule has 1 aliphatic rings. The number of nitrogens with one attached hydrogen (secondary N) is 1. The molecule has 0 aliphatic carbocycles. The van der Waals surface area contributed by atoms with Gasteiger partial charge in [-0.25, -0.2) is 17.7 Å². The van der Waals surface area contributed by atoms with E-state index in [-0.39, 0.29) is 4.90 Å². The molecular weight excluding hydrogens is 382 g/mol. The van der Waals surface area contributed by atoms with Crippen LogP contribution in [0.5, 0.6) is 0 Å². The van der Waals surface area contributed by atoms with Crippen LogP contribution in [-0.4, -0.2) is 48.0 Å². The molecule has 27 heavy (non-hydrogen) atoms. The third-order valence-electron chi connectivity index (χ3n) is 4.53. The Balaban J connectivity index is 1.60. The third kappa shape index (κ3) is 3.07. The zero-order chi connectivity index (χ0) is 19.2. The molecule has 0 saturated heterocycles. The summed E-state index contributed by atoms with van der Waals surface area (Å²) in [6, 6.07) is 14.6. The maximum Gasteiger partial charge on any atom is 0.242 e. The van der Waals surface area contributed by atoms with Crippen LogP contribution in [0.4, 0.5) is 11.6 Å². The molecule has 1 aromatic heterocycles. The number of thiocarbonyl (C=S) groups is 1. The van der Waals surface area contributed by atoms with Crippen molar-refractivity contribution in [2.75, 3.05) is 30.9 Å². The monoisotopic (exact) mass is 401 g/mol. The molecule has 1 N–H and O–H groups in total. The molecule has 0 fully saturated rings. The summed E-state index contributed by atoms with van der Waals surface area (Å²) < 4.78 is 28.0. The van der Waals surface area contributed by atoms with Gasteiger partial charge in [0.15, 0.2) is 5.11 Å². The number of imidazole rings is 1. The molecule has 0 amide bonds. The first kappa shape index (κ1) is 17.9. The van der Waals surface area contributed by atoms with Crippen LogP contribution >= 0.6 is 12.2 Å². The van der Waals surface area contributed by atoms with E-state index >= 15 is 0 Å². The summed E-state index contributed by atoms with van der Waals surface area (Å²) in [5.41, 5.74) is 2.63. The second kappa shape index (κ2) is 6.59. The highest BCUT2D eigenvalue weighted by atomic mass is 32.2. The Morgan fingerprint density at radius 3 is 2.70 bits per heavy atom. The van der Waals surface area contributed by atoms with E-state index in [9.17, 15) is 8.42 Å². The smallest absolute Gasteiger partial charge is 0.242 e. The van der Waals surface area contributed by atoms with Gasteiger partial charge < -0.3 is 9.88 Å². The molecule has 0 spiro atoms. The van der Waals surface area contributed by atoms with E-state index in [1.807, 2.05) is 29.2 Å². The van der Waals surface area contributed by atoms with Crippen LogP contribution in [-0.2, 0) is 16.6 Å². The summed E-state index contributed by atoms with van der Waals surface area (Å²) in [5.74, 6) is 0.797. The normalized spacial score (nSPS) is 14.0. The Bertz CT molecular complexity index is 1140. The number of hydrogen-bond acceptors (Lipinski definition) is 4. The van der Waals surface area contributed by atoms with Crippen LogP contribution in [0.3, 0.4) is 0 Å². The Kier molecular flexibility index (Phi) is 4.37. The van der Waals surface area contributed by atoms with Gasteiger partial charge >= 0.3 is 0 Å². The van der Waals surface area contributed by atoms with Gasteiger partial charge in [-0.05, 0) is 42.5 Å². The van der Waals surface area contributed by atoms with Crippen LogP contribution in [0.25, 0.3) is 11.0 Å². The Morgan fingerprint density at radius 1 is 1.15 bits per heavy atom. The lowest BCUT2D eigenvalue weighted by Crippen LogP contribution is -2.33.